The monoisotopic (exact) mass is 377 g/mol. The van der Waals surface area contributed by atoms with Gasteiger partial charge in [-0.25, -0.2) is 0 Å². The molecule has 1 N–H and O–H groups in total. The van der Waals surface area contributed by atoms with Crippen LogP contribution in [0.3, 0.4) is 0 Å². The zero-order chi connectivity index (χ0) is 19.4. The maximum absolute atomic E-state index is 9.94. The third-order valence-electron chi connectivity index (χ3n) is 4.47. The first kappa shape index (κ1) is 19.2. The lowest BCUT2D eigenvalue weighted by atomic mass is 9.92. The summed E-state index contributed by atoms with van der Waals surface area (Å²) in [6.07, 6.45) is 0. The van der Waals surface area contributed by atoms with Crippen LogP contribution in [0, 0.1) is 0 Å². The Morgan fingerprint density at radius 2 is 1.44 bits per heavy atom. The van der Waals surface area contributed by atoms with E-state index in [1.165, 1.54) is 5.57 Å². The van der Waals surface area contributed by atoms with Gasteiger partial charge in [0.2, 0.25) is 0 Å². The molecule has 0 aliphatic rings. The molecule has 0 saturated heterocycles. The van der Waals surface area contributed by atoms with E-state index < -0.39 is 0 Å². The van der Waals surface area contributed by atoms with Gasteiger partial charge in [0.25, 0.3) is 0 Å². The molecule has 3 heteroatoms. The van der Waals surface area contributed by atoms with Crippen LogP contribution in [0.5, 0.6) is 5.75 Å². The van der Waals surface area contributed by atoms with Crippen molar-refractivity contribution in [2.45, 2.75) is 6.92 Å². The summed E-state index contributed by atoms with van der Waals surface area (Å²) in [5.74, 6) is 0.278. The summed E-state index contributed by atoms with van der Waals surface area (Å²) in [6, 6.07) is 23.9. The van der Waals surface area contributed by atoms with Crippen LogP contribution in [-0.2, 0) is 0 Å². The second-order valence-electron chi connectivity index (χ2n) is 7.03. The average molecular weight is 378 g/mol. The molecule has 0 bridgehead atoms. The molecule has 0 aromatic heterocycles. The number of phenolic OH excluding ortho intramolecular Hbond substituents is 1. The van der Waals surface area contributed by atoms with Gasteiger partial charge in [0, 0.05) is 11.6 Å². The van der Waals surface area contributed by atoms with Gasteiger partial charge in [-0.3, -0.25) is 0 Å². The maximum atomic E-state index is 9.94. The van der Waals surface area contributed by atoms with Crippen molar-refractivity contribution in [3.05, 3.63) is 94.5 Å². The molecule has 0 unspecified atom stereocenters. The van der Waals surface area contributed by atoms with Crippen LogP contribution in [0.1, 0.15) is 18.1 Å². The molecule has 0 saturated carbocycles. The molecular formula is C24H24ClNO. The Kier molecular flexibility index (Phi) is 6.00. The molecule has 3 rings (SSSR count). The summed E-state index contributed by atoms with van der Waals surface area (Å²) in [5, 5.41) is 10.7. The van der Waals surface area contributed by atoms with Gasteiger partial charge in [-0.05, 0) is 73.1 Å². The molecule has 0 heterocycles. The smallest absolute Gasteiger partial charge is 0.116 e. The highest BCUT2D eigenvalue weighted by Crippen LogP contribution is 2.31. The minimum atomic E-state index is 0.278. The Bertz CT molecular complexity index is 941. The molecule has 0 fully saturated rings. The summed E-state index contributed by atoms with van der Waals surface area (Å²) in [7, 11) is 4.13. The second-order valence-corrected chi connectivity index (χ2v) is 7.46. The molecule has 27 heavy (non-hydrogen) atoms. The molecule has 3 aromatic carbocycles. The number of aromatic hydroxyl groups is 1. The molecular weight excluding hydrogens is 354 g/mol. The van der Waals surface area contributed by atoms with Gasteiger partial charge >= 0.3 is 0 Å². The normalized spacial score (nSPS) is 12.2. The van der Waals surface area contributed by atoms with Gasteiger partial charge in [0.05, 0.1) is 0 Å². The molecule has 0 spiro atoms. The van der Waals surface area contributed by atoms with E-state index in [-0.39, 0.29) is 5.75 Å². The van der Waals surface area contributed by atoms with Crippen LogP contribution < -0.4 is 0 Å². The minimum Gasteiger partial charge on any atom is -0.508 e. The summed E-state index contributed by atoms with van der Waals surface area (Å²) < 4.78 is 0. The number of nitrogens with zero attached hydrogens (tertiary/aromatic N) is 1. The molecule has 0 aliphatic carbocycles. The standard InChI is InChI=1S/C24H24ClNO/c1-17(16-26(2)3)24(21-5-4-6-23(27)15-21)20-9-7-18(8-10-20)19-11-13-22(25)14-12-19/h4-15,27H,16H2,1-3H3. The van der Waals surface area contributed by atoms with Crippen molar-refractivity contribution in [2.75, 3.05) is 20.6 Å². The number of rotatable bonds is 5. The lowest BCUT2D eigenvalue weighted by Crippen LogP contribution is -2.15. The van der Waals surface area contributed by atoms with Crippen LogP contribution in [0.15, 0.2) is 78.4 Å². The molecule has 0 radical (unpaired) electrons. The highest BCUT2D eigenvalue weighted by Gasteiger charge is 2.11. The number of hydrogen-bond donors (Lipinski definition) is 1. The van der Waals surface area contributed by atoms with Gasteiger partial charge in [-0.1, -0.05) is 65.7 Å². The fourth-order valence-electron chi connectivity index (χ4n) is 3.35. The summed E-state index contributed by atoms with van der Waals surface area (Å²) >= 11 is 5.99. The first-order valence-electron chi connectivity index (χ1n) is 8.94. The van der Waals surface area contributed by atoms with Crippen molar-refractivity contribution in [1.82, 2.24) is 4.90 Å². The molecule has 0 atom stereocenters. The Labute approximate surface area is 166 Å². The fourth-order valence-corrected chi connectivity index (χ4v) is 3.47. The van der Waals surface area contributed by atoms with Crippen molar-refractivity contribution in [3.63, 3.8) is 0 Å². The number of phenols is 1. The molecule has 2 nitrogen and oxygen atoms in total. The zero-order valence-electron chi connectivity index (χ0n) is 15.9. The summed E-state index contributed by atoms with van der Waals surface area (Å²) in [4.78, 5) is 2.15. The lowest BCUT2D eigenvalue weighted by molar-refractivity contribution is 0.446. The van der Waals surface area contributed by atoms with Gasteiger partial charge in [0.1, 0.15) is 5.75 Å². The maximum Gasteiger partial charge on any atom is 0.116 e. The van der Waals surface area contributed by atoms with Gasteiger partial charge in [-0.15, -0.1) is 0 Å². The highest BCUT2D eigenvalue weighted by atomic mass is 35.5. The van der Waals surface area contributed by atoms with Crippen LogP contribution in [-0.4, -0.2) is 30.6 Å². The van der Waals surface area contributed by atoms with E-state index in [1.807, 2.05) is 42.5 Å². The Morgan fingerprint density at radius 3 is 2.00 bits per heavy atom. The van der Waals surface area contributed by atoms with E-state index in [2.05, 4.69) is 50.2 Å². The minimum absolute atomic E-state index is 0.278. The Balaban J connectivity index is 2.03. The van der Waals surface area contributed by atoms with Gasteiger partial charge < -0.3 is 10.0 Å². The number of halogens is 1. The van der Waals surface area contributed by atoms with Crippen LogP contribution >= 0.6 is 11.6 Å². The number of likely N-dealkylation sites (N-methyl/N-ethyl adjacent to an activating group) is 1. The average Bonchev–Trinajstić information content (AvgIpc) is 2.63. The van der Waals surface area contributed by atoms with Crippen molar-refractivity contribution < 1.29 is 5.11 Å². The summed E-state index contributed by atoms with van der Waals surface area (Å²) in [6.45, 7) is 3.00. The van der Waals surface area contributed by atoms with Crippen molar-refractivity contribution in [1.29, 1.82) is 0 Å². The zero-order valence-corrected chi connectivity index (χ0v) is 16.7. The van der Waals surface area contributed by atoms with Crippen molar-refractivity contribution in [2.24, 2.45) is 0 Å². The van der Waals surface area contributed by atoms with E-state index in [1.54, 1.807) is 6.07 Å². The van der Waals surface area contributed by atoms with Gasteiger partial charge in [-0.2, -0.15) is 0 Å². The van der Waals surface area contributed by atoms with E-state index in [0.717, 1.165) is 39.4 Å². The lowest BCUT2D eigenvalue weighted by Gasteiger charge is -2.17. The van der Waals surface area contributed by atoms with Crippen LogP contribution in [0.4, 0.5) is 0 Å². The van der Waals surface area contributed by atoms with Crippen LogP contribution in [0.25, 0.3) is 16.7 Å². The predicted molar refractivity (Wildman–Crippen MR) is 115 cm³/mol. The summed E-state index contributed by atoms with van der Waals surface area (Å²) in [5.41, 5.74) is 6.85. The van der Waals surface area contributed by atoms with Gasteiger partial charge in [0.15, 0.2) is 0 Å². The molecule has 0 amide bonds. The van der Waals surface area contributed by atoms with Crippen molar-refractivity contribution >= 4 is 17.2 Å². The van der Waals surface area contributed by atoms with Crippen molar-refractivity contribution in [3.8, 4) is 16.9 Å². The molecule has 0 aliphatic heterocycles. The van der Waals surface area contributed by atoms with E-state index in [4.69, 9.17) is 11.6 Å². The SMILES string of the molecule is CC(CN(C)C)=C(c1ccc(-c2ccc(Cl)cc2)cc1)c1cccc(O)c1. The Hall–Kier alpha value is -2.55. The largest absolute Gasteiger partial charge is 0.508 e. The number of hydrogen-bond acceptors (Lipinski definition) is 2. The highest BCUT2D eigenvalue weighted by molar-refractivity contribution is 6.30. The second kappa shape index (κ2) is 8.43. The fraction of sp³-hybridized carbons (Fsp3) is 0.167. The third-order valence-corrected chi connectivity index (χ3v) is 4.72. The number of benzene rings is 3. The predicted octanol–water partition coefficient (Wildman–Crippen LogP) is 6.10. The van der Waals surface area contributed by atoms with E-state index in [0.29, 0.717) is 0 Å². The quantitative estimate of drug-likeness (QED) is 0.581. The first-order valence-corrected chi connectivity index (χ1v) is 9.32. The van der Waals surface area contributed by atoms with E-state index in [9.17, 15) is 5.11 Å². The molecule has 3 aromatic rings. The first-order chi connectivity index (χ1) is 12.9. The van der Waals surface area contributed by atoms with E-state index >= 15 is 0 Å². The molecule has 138 valence electrons. The Morgan fingerprint density at radius 1 is 0.852 bits per heavy atom. The van der Waals surface area contributed by atoms with Crippen LogP contribution in [0.2, 0.25) is 5.02 Å². The third kappa shape index (κ3) is 4.79. The topological polar surface area (TPSA) is 23.5 Å².